The monoisotopic (exact) mass is 297 g/mol. The molecule has 21 heavy (non-hydrogen) atoms. The molecule has 0 radical (unpaired) electrons. The van der Waals surface area contributed by atoms with Crippen LogP contribution in [0.1, 0.15) is 56.8 Å². The molecule has 1 N–H and O–H groups in total. The average Bonchev–Trinajstić information content (AvgIpc) is 2.98. The summed E-state index contributed by atoms with van der Waals surface area (Å²) in [4.78, 5) is 4.50. The summed E-state index contributed by atoms with van der Waals surface area (Å²) in [7, 11) is 1.68. The molecule has 6 heteroatoms. The Bertz CT molecular complexity index is 391. The molecule has 1 fully saturated rings. The highest BCUT2D eigenvalue weighted by atomic mass is 16.5. The highest BCUT2D eigenvalue weighted by molar-refractivity contribution is 4.95. The van der Waals surface area contributed by atoms with Crippen LogP contribution in [0, 0.1) is 5.92 Å². The number of hydrogen-bond acceptors (Lipinski definition) is 6. The molecule has 1 heterocycles. The zero-order chi connectivity index (χ0) is 14.9. The second-order valence-corrected chi connectivity index (χ2v) is 5.49. The average molecular weight is 297 g/mol. The van der Waals surface area contributed by atoms with Crippen LogP contribution in [0.2, 0.25) is 0 Å². The van der Waals surface area contributed by atoms with Gasteiger partial charge in [-0.1, -0.05) is 24.4 Å². The molecule has 2 rings (SSSR count). The molecule has 1 unspecified atom stereocenters. The van der Waals surface area contributed by atoms with Crippen LogP contribution in [-0.2, 0) is 16.0 Å². The van der Waals surface area contributed by atoms with Gasteiger partial charge in [0.25, 0.3) is 0 Å². The Morgan fingerprint density at radius 2 is 2.14 bits per heavy atom. The third-order valence-electron chi connectivity index (χ3n) is 3.92. The predicted octanol–water partition coefficient (Wildman–Crippen LogP) is 2.46. The Labute approximate surface area is 126 Å². The highest BCUT2D eigenvalue weighted by Gasteiger charge is 2.29. The minimum absolute atomic E-state index is 0.0215. The van der Waals surface area contributed by atoms with Crippen molar-refractivity contribution in [2.45, 2.75) is 51.7 Å². The van der Waals surface area contributed by atoms with Gasteiger partial charge in [0.15, 0.2) is 0 Å². The van der Waals surface area contributed by atoms with Gasteiger partial charge >= 0.3 is 0 Å². The summed E-state index contributed by atoms with van der Waals surface area (Å²) < 4.78 is 16.2. The summed E-state index contributed by atoms with van der Waals surface area (Å²) >= 11 is 0. The summed E-state index contributed by atoms with van der Waals surface area (Å²) in [5.41, 5.74) is 0. The van der Waals surface area contributed by atoms with Gasteiger partial charge in [-0.2, -0.15) is 4.98 Å². The third-order valence-corrected chi connectivity index (χ3v) is 3.92. The molecule has 120 valence electrons. The SMILES string of the molecule is CCOC(c1noc(CNCCOC)n1)C1CCCCC1. The van der Waals surface area contributed by atoms with E-state index in [2.05, 4.69) is 15.5 Å². The Balaban J connectivity index is 1.91. The number of methoxy groups -OCH3 is 1. The van der Waals surface area contributed by atoms with Crippen LogP contribution in [0.4, 0.5) is 0 Å². The molecular formula is C15H27N3O3. The van der Waals surface area contributed by atoms with Gasteiger partial charge in [-0.3, -0.25) is 0 Å². The molecule has 0 aromatic carbocycles. The molecule has 0 saturated heterocycles. The maximum absolute atomic E-state index is 5.90. The smallest absolute Gasteiger partial charge is 0.240 e. The van der Waals surface area contributed by atoms with E-state index in [1.165, 1.54) is 32.1 Å². The summed E-state index contributed by atoms with van der Waals surface area (Å²) in [6.45, 7) is 4.70. The highest BCUT2D eigenvalue weighted by Crippen LogP contribution is 2.35. The van der Waals surface area contributed by atoms with E-state index in [-0.39, 0.29) is 6.10 Å². The Hall–Kier alpha value is -0.980. The maximum atomic E-state index is 5.90. The molecule has 0 spiro atoms. The van der Waals surface area contributed by atoms with E-state index in [0.717, 1.165) is 6.54 Å². The fourth-order valence-electron chi connectivity index (χ4n) is 2.86. The number of nitrogens with one attached hydrogen (secondary N) is 1. The van der Waals surface area contributed by atoms with Gasteiger partial charge in [-0.15, -0.1) is 0 Å². The summed E-state index contributed by atoms with van der Waals surface area (Å²) in [6.07, 6.45) is 6.25. The van der Waals surface area contributed by atoms with Gasteiger partial charge in [0, 0.05) is 20.3 Å². The van der Waals surface area contributed by atoms with Gasteiger partial charge in [-0.05, 0) is 25.7 Å². The van der Waals surface area contributed by atoms with Crippen molar-refractivity contribution in [2.75, 3.05) is 26.9 Å². The van der Waals surface area contributed by atoms with Crippen molar-refractivity contribution >= 4 is 0 Å². The van der Waals surface area contributed by atoms with Gasteiger partial charge in [0.2, 0.25) is 11.7 Å². The molecule has 1 saturated carbocycles. The van der Waals surface area contributed by atoms with E-state index in [9.17, 15) is 0 Å². The van der Waals surface area contributed by atoms with Crippen molar-refractivity contribution in [1.82, 2.24) is 15.5 Å². The minimum atomic E-state index is -0.0215. The zero-order valence-electron chi connectivity index (χ0n) is 13.1. The molecule has 1 aromatic heterocycles. The number of nitrogens with zero attached hydrogens (tertiary/aromatic N) is 2. The van der Waals surface area contributed by atoms with Crippen molar-refractivity contribution < 1.29 is 14.0 Å². The lowest BCUT2D eigenvalue weighted by Gasteiger charge is -2.27. The van der Waals surface area contributed by atoms with Crippen LogP contribution < -0.4 is 5.32 Å². The molecule has 0 amide bonds. The summed E-state index contributed by atoms with van der Waals surface area (Å²) in [5, 5.41) is 7.33. The van der Waals surface area contributed by atoms with Crippen molar-refractivity contribution in [1.29, 1.82) is 0 Å². The van der Waals surface area contributed by atoms with Crippen molar-refractivity contribution in [3.05, 3.63) is 11.7 Å². The second-order valence-electron chi connectivity index (χ2n) is 5.49. The molecule has 0 aliphatic heterocycles. The normalized spacial score (nSPS) is 18.0. The van der Waals surface area contributed by atoms with Crippen LogP contribution >= 0.6 is 0 Å². The van der Waals surface area contributed by atoms with E-state index < -0.39 is 0 Å². The van der Waals surface area contributed by atoms with Crippen LogP contribution in [0.25, 0.3) is 0 Å². The van der Waals surface area contributed by atoms with Crippen LogP contribution in [0.15, 0.2) is 4.52 Å². The molecule has 0 bridgehead atoms. The minimum Gasteiger partial charge on any atom is -0.383 e. The molecular weight excluding hydrogens is 270 g/mol. The van der Waals surface area contributed by atoms with Crippen molar-refractivity contribution in [3.63, 3.8) is 0 Å². The van der Waals surface area contributed by atoms with Gasteiger partial charge in [-0.25, -0.2) is 0 Å². The lowest BCUT2D eigenvalue weighted by atomic mass is 9.85. The second kappa shape index (κ2) is 9.12. The molecule has 1 aliphatic rings. The molecule has 1 aromatic rings. The van der Waals surface area contributed by atoms with Gasteiger partial charge in [0.1, 0.15) is 6.10 Å². The standard InChI is InChI=1S/C15H27N3O3/c1-3-20-14(12-7-5-4-6-8-12)15-17-13(21-18-15)11-16-9-10-19-2/h12,14,16H,3-11H2,1-2H3. The van der Waals surface area contributed by atoms with Crippen LogP contribution in [-0.4, -0.2) is 37.0 Å². The fraction of sp³-hybridized carbons (Fsp3) is 0.867. The van der Waals surface area contributed by atoms with Crippen molar-refractivity contribution in [3.8, 4) is 0 Å². The summed E-state index contributed by atoms with van der Waals surface area (Å²) in [5.74, 6) is 1.83. The topological polar surface area (TPSA) is 69.4 Å². The van der Waals surface area contributed by atoms with Crippen molar-refractivity contribution in [2.24, 2.45) is 5.92 Å². The zero-order valence-corrected chi connectivity index (χ0v) is 13.1. The molecule has 6 nitrogen and oxygen atoms in total. The van der Waals surface area contributed by atoms with Crippen LogP contribution in [0.5, 0.6) is 0 Å². The third kappa shape index (κ3) is 5.05. The van der Waals surface area contributed by atoms with E-state index in [1.54, 1.807) is 7.11 Å². The molecule has 1 aliphatic carbocycles. The van der Waals surface area contributed by atoms with Gasteiger partial charge in [0.05, 0.1) is 13.2 Å². The van der Waals surface area contributed by atoms with E-state index in [0.29, 0.717) is 37.4 Å². The number of rotatable bonds is 9. The van der Waals surface area contributed by atoms with E-state index in [4.69, 9.17) is 14.0 Å². The lowest BCUT2D eigenvalue weighted by Crippen LogP contribution is -2.21. The Morgan fingerprint density at radius 3 is 2.86 bits per heavy atom. The first-order valence-corrected chi connectivity index (χ1v) is 7.99. The van der Waals surface area contributed by atoms with E-state index >= 15 is 0 Å². The first-order valence-electron chi connectivity index (χ1n) is 7.99. The van der Waals surface area contributed by atoms with Crippen LogP contribution in [0.3, 0.4) is 0 Å². The van der Waals surface area contributed by atoms with E-state index in [1.807, 2.05) is 6.92 Å². The summed E-state index contributed by atoms with van der Waals surface area (Å²) in [6, 6.07) is 0. The molecule has 1 atom stereocenters. The quantitative estimate of drug-likeness (QED) is 0.706. The number of aromatic nitrogens is 2. The Morgan fingerprint density at radius 1 is 1.33 bits per heavy atom. The predicted molar refractivity (Wildman–Crippen MR) is 78.8 cm³/mol. The first-order chi connectivity index (χ1) is 10.3. The number of hydrogen-bond donors (Lipinski definition) is 1. The van der Waals surface area contributed by atoms with Gasteiger partial charge < -0.3 is 19.3 Å². The number of ether oxygens (including phenoxy) is 2. The first kappa shape index (κ1) is 16.4. The Kier molecular flexibility index (Phi) is 7.12. The fourth-order valence-corrected chi connectivity index (χ4v) is 2.86. The lowest BCUT2D eigenvalue weighted by molar-refractivity contribution is -0.00145. The largest absolute Gasteiger partial charge is 0.383 e. The maximum Gasteiger partial charge on any atom is 0.240 e.